The fourth-order valence-electron chi connectivity index (χ4n) is 3.42. The molecule has 6 nitrogen and oxygen atoms in total. The molecular formula is C18H22NO5-. The van der Waals surface area contributed by atoms with Crippen molar-refractivity contribution in [3.63, 3.8) is 0 Å². The van der Waals surface area contributed by atoms with Gasteiger partial charge < -0.3 is 20.0 Å². The maximum atomic E-state index is 12.7. The standard InChI is InChI=1S/C18H23NO5/c1-17(2)12(9-10-18(17,3)16(22)23)14(20)19-13-8-6-5-7-11(13)15(21)24-4/h5-8,12H,9-10H2,1-4H3,(H,19,20)(H,22,23)/p-1/t12-,18+/m0/s1. The zero-order valence-corrected chi connectivity index (χ0v) is 14.3. The second-order valence-corrected chi connectivity index (χ2v) is 6.96. The van der Waals surface area contributed by atoms with Gasteiger partial charge in [0.05, 0.1) is 18.4 Å². The van der Waals surface area contributed by atoms with Crippen LogP contribution < -0.4 is 10.4 Å². The van der Waals surface area contributed by atoms with Crippen LogP contribution in [0, 0.1) is 16.7 Å². The van der Waals surface area contributed by atoms with Crippen molar-refractivity contribution < 1.29 is 24.2 Å². The molecule has 130 valence electrons. The van der Waals surface area contributed by atoms with Gasteiger partial charge in [-0.3, -0.25) is 4.79 Å². The molecule has 0 aromatic heterocycles. The maximum Gasteiger partial charge on any atom is 0.339 e. The van der Waals surface area contributed by atoms with Crippen LogP contribution in [-0.4, -0.2) is 25.0 Å². The molecule has 0 aliphatic heterocycles. The van der Waals surface area contributed by atoms with Gasteiger partial charge in [0.2, 0.25) is 5.91 Å². The number of benzene rings is 1. The summed E-state index contributed by atoms with van der Waals surface area (Å²) in [4.78, 5) is 36.1. The lowest BCUT2D eigenvalue weighted by atomic mass is 9.65. The third-order valence-corrected chi connectivity index (χ3v) is 5.58. The van der Waals surface area contributed by atoms with Gasteiger partial charge in [-0.2, -0.15) is 0 Å². The highest BCUT2D eigenvalue weighted by atomic mass is 16.5. The van der Waals surface area contributed by atoms with Gasteiger partial charge in [0.15, 0.2) is 0 Å². The van der Waals surface area contributed by atoms with E-state index in [1.165, 1.54) is 7.11 Å². The normalized spacial score (nSPS) is 25.1. The third-order valence-electron chi connectivity index (χ3n) is 5.58. The summed E-state index contributed by atoms with van der Waals surface area (Å²) in [7, 11) is 1.27. The average molecular weight is 332 g/mol. The van der Waals surface area contributed by atoms with Crippen LogP contribution >= 0.6 is 0 Å². The van der Waals surface area contributed by atoms with Crippen molar-refractivity contribution in [2.45, 2.75) is 33.6 Å². The second-order valence-electron chi connectivity index (χ2n) is 6.96. The summed E-state index contributed by atoms with van der Waals surface area (Å²) in [5, 5.41) is 14.3. The molecular weight excluding hydrogens is 310 g/mol. The lowest BCUT2D eigenvalue weighted by molar-refractivity contribution is -0.323. The molecule has 0 spiro atoms. The van der Waals surface area contributed by atoms with Crippen LogP contribution in [0.4, 0.5) is 5.69 Å². The monoisotopic (exact) mass is 332 g/mol. The first-order valence-corrected chi connectivity index (χ1v) is 7.85. The maximum absolute atomic E-state index is 12.7. The van der Waals surface area contributed by atoms with Crippen molar-refractivity contribution >= 4 is 23.5 Å². The predicted octanol–water partition coefficient (Wildman–Crippen LogP) is 1.60. The molecule has 0 unspecified atom stereocenters. The van der Waals surface area contributed by atoms with E-state index in [2.05, 4.69) is 5.32 Å². The van der Waals surface area contributed by atoms with E-state index in [1.54, 1.807) is 45.0 Å². The number of carboxylic acids is 1. The Kier molecular flexibility index (Phi) is 4.69. The van der Waals surface area contributed by atoms with Gasteiger partial charge in [0, 0.05) is 17.3 Å². The van der Waals surface area contributed by atoms with Crippen LogP contribution in [-0.2, 0) is 14.3 Å². The van der Waals surface area contributed by atoms with E-state index >= 15 is 0 Å². The molecule has 0 saturated heterocycles. The fourth-order valence-corrected chi connectivity index (χ4v) is 3.42. The number of nitrogens with one attached hydrogen (secondary N) is 1. The Bertz CT molecular complexity index is 682. The summed E-state index contributed by atoms with van der Waals surface area (Å²) in [6.07, 6.45) is 0.822. The van der Waals surface area contributed by atoms with E-state index < -0.39 is 28.7 Å². The molecule has 1 aromatic rings. The molecule has 1 fully saturated rings. The van der Waals surface area contributed by atoms with Gasteiger partial charge in [0.1, 0.15) is 0 Å². The van der Waals surface area contributed by atoms with E-state index in [0.717, 1.165) is 0 Å². The molecule has 6 heteroatoms. The lowest BCUT2D eigenvalue weighted by Crippen LogP contribution is -2.49. The molecule has 2 atom stereocenters. The third kappa shape index (κ3) is 2.77. The Morgan fingerprint density at radius 3 is 2.38 bits per heavy atom. The largest absolute Gasteiger partial charge is 0.550 e. The van der Waals surface area contributed by atoms with E-state index in [-0.39, 0.29) is 11.5 Å². The number of rotatable bonds is 4. The Morgan fingerprint density at radius 2 is 1.83 bits per heavy atom. The number of methoxy groups -OCH3 is 1. The quantitative estimate of drug-likeness (QED) is 0.845. The van der Waals surface area contributed by atoms with Crippen LogP contribution in [0.15, 0.2) is 24.3 Å². The molecule has 1 N–H and O–H groups in total. The van der Waals surface area contributed by atoms with Crippen molar-refractivity contribution in [1.29, 1.82) is 0 Å². The summed E-state index contributed by atoms with van der Waals surface area (Å²) in [5.41, 5.74) is -1.23. The smallest absolute Gasteiger partial charge is 0.339 e. The first-order chi connectivity index (χ1) is 11.1. The molecule has 1 aliphatic rings. The Balaban J connectivity index is 2.26. The number of ether oxygens (including phenoxy) is 1. The minimum absolute atomic E-state index is 0.256. The zero-order valence-electron chi connectivity index (χ0n) is 14.3. The van der Waals surface area contributed by atoms with Gasteiger partial charge in [0.25, 0.3) is 0 Å². The van der Waals surface area contributed by atoms with Crippen LogP contribution in [0.5, 0.6) is 0 Å². The minimum atomic E-state index is -1.14. The highest BCUT2D eigenvalue weighted by molar-refractivity contribution is 6.02. The predicted molar refractivity (Wildman–Crippen MR) is 86.0 cm³/mol. The number of hydrogen-bond donors (Lipinski definition) is 1. The molecule has 0 radical (unpaired) electrons. The Hall–Kier alpha value is -2.37. The SMILES string of the molecule is COC(=O)c1ccccc1NC(=O)[C@@H]1CC[C@](C)(C(=O)[O-])C1(C)C. The summed E-state index contributed by atoms with van der Waals surface area (Å²) < 4.78 is 4.71. The molecule has 2 rings (SSSR count). The number of carboxylic acid groups (broad SMARTS) is 1. The van der Waals surface area contributed by atoms with Crippen molar-refractivity contribution in [2.24, 2.45) is 16.7 Å². The number of amides is 1. The summed E-state index contributed by atoms with van der Waals surface area (Å²) >= 11 is 0. The van der Waals surface area contributed by atoms with Gasteiger partial charge >= 0.3 is 5.97 Å². The highest BCUT2D eigenvalue weighted by Gasteiger charge is 2.54. The topological polar surface area (TPSA) is 95.5 Å². The summed E-state index contributed by atoms with van der Waals surface area (Å²) in [6, 6.07) is 6.55. The molecule has 0 heterocycles. The number of aliphatic carboxylic acids is 1. The van der Waals surface area contributed by atoms with Gasteiger partial charge in [-0.05, 0) is 30.4 Å². The van der Waals surface area contributed by atoms with Crippen LogP contribution in [0.3, 0.4) is 0 Å². The van der Waals surface area contributed by atoms with Crippen LogP contribution in [0.25, 0.3) is 0 Å². The Morgan fingerprint density at radius 1 is 1.21 bits per heavy atom. The molecule has 1 aromatic carbocycles. The molecule has 1 aliphatic carbocycles. The zero-order chi connectivity index (χ0) is 18.1. The number of carbonyl (C=O) groups excluding carboxylic acids is 3. The molecule has 0 bridgehead atoms. The number of esters is 1. The lowest BCUT2D eigenvalue weighted by Gasteiger charge is -2.41. The number of para-hydroxylation sites is 1. The van der Waals surface area contributed by atoms with E-state index in [1.807, 2.05) is 0 Å². The van der Waals surface area contributed by atoms with Crippen molar-refractivity contribution in [2.75, 3.05) is 12.4 Å². The molecule has 1 amide bonds. The summed E-state index contributed by atoms with van der Waals surface area (Å²) in [5.74, 6) is -2.48. The molecule has 24 heavy (non-hydrogen) atoms. The highest BCUT2D eigenvalue weighted by Crippen LogP contribution is 2.55. The van der Waals surface area contributed by atoms with Crippen molar-refractivity contribution in [1.82, 2.24) is 0 Å². The van der Waals surface area contributed by atoms with E-state index in [0.29, 0.717) is 18.5 Å². The first kappa shape index (κ1) is 18.0. The second kappa shape index (κ2) is 6.26. The number of carbonyl (C=O) groups is 3. The number of hydrogen-bond acceptors (Lipinski definition) is 5. The van der Waals surface area contributed by atoms with Crippen LogP contribution in [0.1, 0.15) is 44.0 Å². The van der Waals surface area contributed by atoms with Crippen molar-refractivity contribution in [3.8, 4) is 0 Å². The van der Waals surface area contributed by atoms with E-state index in [4.69, 9.17) is 4.74 Å². The van der Waals surface area contributed by atoms with Gasteiger partial charge in [-0.1, -0.05) is 32.9 Å². The van der Waals surface area contributed by atoms with Gasteiger partial charge in [-0.25, -0.2) is 4.79 Å². The molecule has 1 saturated carbocycles. The van der Waals surface area contributed by atoms with E-state index in [9.17, 15) is 19.5 Å². The average Bonchev–Trinajstić information content (AvgIpc) is 2.78. The van der Waals surface area contributed by atoms with Gasteiger partial charge in [-0.15, -0.1) is 0 Å². The minimum Gasteiger partial charge on any atom is -0.550 e. The summed E-state index contributed by atoms with van der Waals surface area (Å²) in [6.45, 7) is 5.16. The Labute approximate surface area is 141 Å². The fraction of sp³-hybridized carbons (Fsp3) is 0.500. The number of anilines is 1. The first-order valence-electron chi connectivity index (χ1n) is 7.85. The van der Waals surface area contributed by atoms with Crippen molar-refractivity contribution in [3.05, 3.63) is 29.8 Å². The van der Waals surface area contributed by atoms with Crippen LogP contribution in [0.2, 0.25) is 0 Å².